The van der Waals surface area contributed by atoms with E-state index in [2.05, 4.69) is 10.4 Å². The molecule has 88 valence electrons. The molecule has 0 amide bonds. The van der Waals surface area contributed by atoms with Crippen molar-refractivity contribution in [2.45, 2.75) is 25.4 Å². The monoisotopic (exact) mass is 223 g/mol. The van der Waals surface area contributed by atoms with E-state index in [1.807, 2.05) is 12.1 Å². The van der Waals surface area contributed by atoms with E-state index >= 15 is 0 Å². The van der Waals surface area contributed by atoms with Gasteiger partial charge in [-0.15, -0.1) is 0 Å². The van der Waals surface area contributed by atoms with Crippen LogP contribution in [0.15, 0.2) is 18.2 Å². The fourth-order valence-electron chi connectivity index (χ4n) is 1.69. The summed E-state index contributed by atoms with van der Waals surface area (Å²) in [5.41, 5.74) is 2.48. The molecule has 0 aromatic carbocycles. The number of rotatable bonds is 4. The van der Waals surface area contributed by atoms with Crippen LogP contribution >= 0.6 is 0 Å². The summed E-state index contributed by atoms with van der Waals surface area (Å²) in [4.78, 5) is 4.16. The van der Waals surface area contributed by atoms with E-state index in [-0.39, 0.29) is 6.10 Å². The second-order valence-electron chi connectivity index (χ2n) is 3.80. The van der Waals surface area contributed by atoms with Crippen LogP contribution in [-0.2, 0) is 4.74 Å². The van der Waals surface area contributed by atoms with Crippen LogP contribution in [0.5, 0.6) is 5.88 Å². The first kappa shape index (κ1) is 11.2. The lowest BCUT2D eigenvalue weighted by atomic mass is 10.1. The molecule has 0 radical (unpaired) electrons. The molecule has 5 nitrogen and oxygen atoms in total. The normalized spacial score (nSPS) is 20.4. The Balaban J connectivity index is 1.83. The smallest absolute Gasteiger partial charge is 0.215 e. The number of aromatic nitrogens is 1. The largest absolute Gasteiger partial charge is 0.475 e. The van der Waals surface area contributed by atoms with Crippen LogP contribution in [-0.4, -0.2) is 24.3 Å². The van der Waals surface area contributed by atoms with Crippen molar-refractivity contribution in [1.82, 2.24) is 4.98 Å². The van der Waals surface area contributed by atoms with Crippen LogP contribution in [0.1, 0.15) is 19.3 Å². The first-order valence-electron chi connectivity index (χ1n) is 5.56. The highest BCUT2D eigenvalue weighted by Crippen LogP contribution is 2.15. The van der Waals surface area contributed by atoms with Gasteiger partial charge in [0.1, 0.15) is 12.4 Å². The number of nitrogens with one attached hydrogen (secondary N) is 1. The molecule has 5 heteroatoms. The third-order valence-corrected chi connectivity index (χ3v) is 2.56. The highest BCUT2D eigenvalue weighted by atomic mass is 16.5. The highest BCUT2D eigenvalue weighted by Gasteiger charge is 2.14. The molecule has 0 bridgehead atoms. The van der Waals surface area contributed by atoms with Crippen molar-refractivity contribution in [3.63, 3.8) is 0 Å². The number of nitrogens with two attached hydrogens (primary N) is 1. The second kappa shape index (κ2) is 5.67. The zero-order valence-corrected chi connectivity index (χ0v) is 9.19. The maximum Gasteiger partial charge on any atom is 0.215 e. The maximum atomic E-state index is 5.56. The van der Waals surface area contributed by atoms with Gasteiger partial charge in [-0.3, -0.25) is 0 Å². The van der Waals surface area contributed by atoms with Crippen LogP contribution in [0, 0.1) is 0 Å². The minimum Gasteiger partial charge on any atom is -0.475 e. The SMILES string of the molecule is NNc1cccc(OCC2CCCCO2)n1. The van der Waals surface area contributed by atoms with Gasteiger partial charge in [0.05, 0.1) is 6.10 Å². The summed E-state index contributed by atoms with van der Waals surface area (Å²) >= 11 is 0. The predicted octanol–water partition coefficient (Wildman–Crippen LogP) is 1.32. The Hall–Kier alpha value is -1.33. The van der Waals surface area contributed by atoms with Crippen molar-refractivity contribution in [3.8, 4) is 5.88 Å². The molecule has 2 heterocycles. The Bertz CT molecular complexity index is 327. The predicted molar refractivity (Wildman–Crippen MR) is 61.1 cm³/mol. The fourth-order valence-corrected chi connectivity index (χ4v) is 1.69. The van der Waals surface area contributed by atoms with Crippen molar-refractivity contribution in [3.05, 3.63) is 18.2 Å². The van der Waals surface area contributed by atoms with E-state index in [1.54, 1.807) is 6.07 Å². The lowest BCUT2D eigenvalue weighted by Gasteiger charge is -2.22. The Labute approximate surface area is 94.9 Å². The van der Waals surface area contributed by atoms with Crippen LogP contribution < -0.4 is 16.0 Å². The van der Waals surface area contributed by atoms with Crippen molar-refractivity contribution in [2.75, 3.05) is 18.6 Å². The summed E-state index contributed by atoms with van der Waals surface area (Å²) in [6.45, 7) is 1.40. The first-order chi connectivity index (χ1) is 7.88. The molecule has 0 aliphatic carbocycles. The molecule has 1 aromatic heterocycles. The number of pyridine rings is 1. The number of hydrazine groups is 1. The van der Waals surface area contributed by atoms with E-state index < -0.39 is 0 Å². The van der Waals surface area contributed by atoms with Crippen molar-refractivity contribution < 1.29 is 9.47 Å². The molecule has 1 atom stereocenters. The van der Waals surface area contributed by atoms with Gasteiger partial charge in [-0.2, -0.15) is 4.98 Å². The highest BCUT2D eigenvalue weighted by molar-refractivity contribution is 5.35. The average Bonchev–Trinajstić information content (AvgIpc) is 2.38. The average molecular weight is 223 g/mol. The molecule has 1 fully saturated rings. The quantitative estimate of drug-likeness (QED) is 0.595. The standard InChI is InChI=1S/C11H17N3O2/c12-14-10-5-3-6-11(13-10)16-8-9-4-1-2-7-15-9/h3,5-6,9H,1-2,4,7-8,12H2,(H,13,14). The molecular weight excluding hydrogens is 206 g/mol. The van der Waals surface area contributed by atoms with Crippen LogP contribution in [0.2, 0.25) is 0 Å². The Morgan fingerprint density at radius 2 is 2.44 bits per heavy atom. The van der Waals surface area contributed by atoms with Crippen molar-refractivity contribution in [1.29, 1.82) is 0 Å². The molecular formula is C11H17N3O2. The minimum absolute atomic E-state index is 0.199. The minimum atomic E-state index is 0.199. The third-order valence-electron chi connectivity index (χ3n) is 2.56. The van der Waals surface area contributed by atoms with Gasteiger partial charge in [0.25, 0.3) is 0 Å². The summed E-state index contributed by atoms with van der Waals surface area (Å²) in [6, 6.07) is 5.44. The van der Waals surface area contributed by atoms with Crippen LogP contribution in [0.3, 0.4) is 0 Å². The first-order valence-corrected chi connectivity index (χ1v) is 5.56. The third kappa shape index (κ3) is 3.08. The number of hydrogen-bond donors (Lipinski definition) is 2. The molecule has 1 aromatic rings. The zero-order valence-electron chi connectivity index (χ0n) is 9.19. The van der Waals surface area contributed by atoms with E-state index in [9.17, 15) is 0 Å². The topological polar surface area (TPSA) is 69.4 Å². The van der Waals surface area contributed by atoms with Gasteiger partial charge in [0, 0.05) is 12.7 Å². The lowest BCUT2D eigenvalue weighted by molar-refractivity contribution is -0.0119. The molecule has 1 unspecified atom stereocenters. The maximum absolute atomic E-state index is 5.56. The summed E-state index contributed by atoms with van der Waals surface area (Å²) in [6.07, 6.45) is 3.63. The van der Waals surface area contributed by atoms with Crippen molar-refractivity contribution in [2.24, 2.45) is 5.84 Å². The van der Waals surface area contributed by atoms with Gasteiger partial charge in [0.2, 0.25) is 5.88 Å². The summed E-state index contributed by atoms with van der Waals surface area (Å²) in [7, 11) is 0. The number of hydrogen-bond acceptors (Lipinski definition) is 5. The lowest BCUT2D eigenvalue weighted by Crippen LogP contribution is -2.26. The molecule has 0 saturated carbocycles. The molecule has 16 heavy (non-hydrogen) atoms. The van der Waals surface area contributed by atoms with E-state index in [1.165, 1.54) is 6.42 Å². The van der Waals surface area contributed by atoms with Crippen LogP contribution in [0.25, 0.3) is 0 Å². The fraction of sp³-hybridized carbons (Fsp3) is 0.545. The Kier molecular flexibility index (Phi) is 3.96. The Morgan fingerprint density at radius 3 is 3.19 bits per heavy atom. The Morgan fingerprint density at radius 1 is 1.50 bits per heavy atom. The molecule has 1 aliphatic rings. The molecule has 0 spiro atoms. The molecule has 1 aliphatic heterocycles. The van der Waals surface area contributed by atoms with Gasteiger partial charge in [-0.05, 0) is 25.3 Å². The van der Waals surface area contributed by atoms with E-state index in [0.29, 0.717) is 18.3 Å². The van der Waals surface area contributed by atoms with Gasteiger partial charge < -0.3 is 14.9 Å². The summed E-state index contributed by atoms with van der Waals surface area (Å²) in [5, 5.41) is 0. The van der Waals surface area contributed by atoms with Gasteiger partial charge in [-0.25, -0.2) is 5.84 Å². The van der Waals surface area contributed by atoms with E-state index in [0.717, 1.165) is 19.4 Å². The molecule has 3 N–H and O–H groups in total. The van der Waals surface area contributed by atoms with Crippen molar-refractivity contribution >= 4 is 5.82 Å². The molecule has 2 rings (SSSR count). The van der Waals surface area contributed by atoms with Crippen LogP contribution in [0.4, 0.5) is 5.82 Å². The molecule has 1 saturated heterocycles. The van der Waals surface area contributed by atoms with Gasteiger partial charge >= 0.3 is 0 Å². The summed E-state index contributed by atoms with van der Waals surface area (Å²) in [5.74, 6) is 6.44. The second-order valence-corrected chi connectivity index (χ2v) is 3.80. The van der Waals surface area contributed by atoms with Gasteiger partial charge in [-0.1, -0.05) is 6.07 Å². The number of anilines is 1. The van der Waals surface area contributed by atoms with E-state index in [4.69, 9.17) is 15.3 Å². The van der Waals surface area contributed by atoms with Gasteiger partial charge in [0.15, 0.2) is 0 Å². The number of nitrogen functional groups attached to an aromatic ring is 1. The number of ether oxygens (including phenoxy) is 2. The summed E-state index contributed by atoms with van der Waals surface area (Å²) < 4.78 is 11.1. The number of nitrogens with zero attached hydrogens (tertiary/aromatic N) is 1. The zero-order chi connectivity index (χ0) is 11.2.